The van der Waals surface area contributed by atoms with Gasteiger partial charge in [-0.05, 0) is 62.1 Å². The molecule has 2 N–H and O–H groups in total. The fourth-order valence-electron chi connectivity index (χ4n) is 3.35. The van der Waals surface area contributed by atoms with Gasteiger partial charge in [0.15, 0.2) is 0 Å². The van der Waals surface area contributed by atoms with E-state index in [0.29, 0.717) is 13.0 Å². The predicted octanol–water partition coefficient (Wildman–Crippen LogP) is 4.34. The maximum atomic E-state index is 12.2. The number of hydrogen-bond donors (Lipinski definition) is 2. The Labute approximate surface area is 150 Å². The van der Waals surface area contributed by atoms with Crippen LogP contribution in [0.3, 0.4) is 0 Å². The van der Waals surface area contributed by atoms with E-state index >= 15 is 0 Å². The van der Waals surface area contributed by atoms with Crippen LogP contribution >= 0.6 is 0 Å². The normalized spacial score (nSPS) is 13.8. The molecule has 0 aliphatic carbocycles. The maximum absolute atomic E-state index is 12.2. The highest BCUT2D eigenvalue weighted by molar-refractivity contribution is 5.91. The topological polar surface area (TPSA) is 44.4 Å². The molecule has 1 fully saturated rings. The Bertz CT molecular complexity index is 698. The third kappa shape index (κ3) is 4.53. The van der Waals surface area contributed by atoms with Gasteiger partial charge in [0, 0.05) is 43.1 Å². The summed E-state index contributed by atoms with van der Waals surface area (Å²) in [5.41, 5.74) is 5.65. The third-order valence-corrected chi connectivity index (χ3v) is 4.76. The van der Waals surface area contributed by atoms with E-state index in [1.807, 2.05) is 18.2 Å². The molecule has 0 bridgehead atoms. The molecule has 0 unspecified atom stereocenters. The Morgan fingerprint density at radius 2 is 1.64 bits per heavy atom. The number of carbonyl (C=O) groups is 1. The summed E-state index contributed by atoms with van der Waals surface area (Å²) in [6.07, 6.45) is 2.99. The average Bonchev–Trinajstić information content (AvgIpc) is 3.13. The van der Waals surface area contributed by atoms with Gasteiger partial charge in [0.25, 0.3) is 0 Å². The lowest BCUT2D eigenvalue weighted by Crippen LogP contribution is -2.18. The Balaban J connectivity index is 1.47. The zero-order valence-electron chi connectivity index (χ0n) is 15.1. The number of nitrogens with zero attached hydrogens (tertiary/aromatic N) is 1. The maximum Gasteiger partial charge on any atom is 0.226 e. The molecule has 1 aliphatic rings. The van der Waals surface area contributed by atoms with Crippen LogP contribution in [0.25, 0.3) is 0 Å². The molecule has 0 saturated carbocycles. The second kappa shape index (κ2) is 8.06. The van der Waals surface area contributed by atoms with Crippen molar-refractivity contribution in [2.24, 2.45) is 0 Å². The molecule has 1 heterocycles. The molecule has 2 aromatic carbocycles. The lowest BCUT2D eigenvalue weighted by molar-refractivity contribution is -0.115. The first-order chi connectivity index (χ1) is 12.1. The van der Waals surface area contributed by atoms with E-state index in [9.17, 15) is 4.79 Å². The van der Waals surface area contributed by atoms with Crippen molar-refractivity contribution in [1.82, 2.24) is 0 Å². The first-order valence-electron chi connectivity index (χ1n) is 9.08. The fourth-order valence-corrected chi connectivity index (χ4v) is 3.35. The molecule has 0 radical (unpaired) electrons. The van der Waals surface area contributed by atoms with Crippen LogP contribution in [-0.2, 0) is 4.79 Å². The van der Waals surface area contributed by atoms with Crippen LogP contribution in [0.2, 0.25) is 0 Å². The number of aryl methyl sites for hydroxylation is 2. The molecule has 25 heavy (non-hydrogen) atoms. The molecular formula is C21H27N3O. The van der Waals surface area contributed by atoms with Crippen molar-refractivity contribution in [1.29, 1.82) is 0 Å². The van der Waals surface area contributed by atoms with Gasteiger partial charge in [-0.2, -0.15) is 0 Å². The quantitative estimate of drug-likeness (QED) is 0.824. The van der Waals surface area contributed by atoms with E-state index in [0.717, 1.165) is 24.5 Å². The second-order valence-electron chi connectivity index (χ2n) is 6.73. The van der Waals surface area contributed by atoms with Crippen LogP contribution in [0.1, 0.15) is 30.4 Å². The first kappa shape index (κ1) is 17.3. The zero-order chi connectivity index (χ0) is 17.6. The second-order valence-corrected chi connectivity index (χ2v) is 6.73. The van der Waals surface area contributed by atoms with Gasteiger partial charge in [-0.3, -0.25) is 4.79 Å². The van der Waals surface area contributed by atoms with Crippen molar-refractivity contribution in [2.75, 3.05) is 35.2 Å². The van der Waals surface area contributed by atoms with Crippen molar-refractivity contribution in [3.05, 3.63) is 53.6 Å². The summed E-state index contributed by atoms with van der Waals surface area (Å²) in [6.45, 7) is 7.06. The minimum atomic E-state index is 0.0349. The van der Waals surface area contributed by atoms with Crippen LogP contribution in [0.5, 0.6) is 0 Å². The Kier molecular flexibility index (Phi) is 5.59. The van der Waals surface area contributed by atoms with E-state index in [1.54, 1.807) is 0 Å². The molecule has 4 heteroatoms. The minimum absolute atomic E-state index is 0.0349. The summed E-state index contributed by atoms with van der Waals surface area (Å²) in [5.74, 6) is 0.0349. The van der Waals surface area contributed by atoms with Gasteiger partial charge in [0.1, 0.15) is 0 Å². The van der Waals surface area contributed by atoms with E-state index in [4.69, 9.17) is 0 Å². The number of hydrogen-bond acceptors (Lipinski definition) is 3. The van der Waals surface area contributed by atoms with Crippen LogP contribution in [0.15, 0.2) is 42.5 Å². The van der Waals surface area contributed by atoms with Crippen molar-refractivity contribution in [2.45, 2.75) is 33.1 Å². The summed E-state index contributed by atoms with van der Waals surface area (Å²) in [5, 5.41) is 6.35. The van der Waals surface area contributed by atoms with Gasteiger partial charge in [-0.1, -0.05) is 18.2 Å². The summed E-state index contributed by atoms with van der Waals surface area (Å²) >= 11 is 0. The Hall–Kier alpha value is -2.49. The molecule has 0 aromatic heterocycles. The van der Waals surface area contributed by atoms with Gasteiger partial charge in [-0.15, -0.1) is 0 Å². The van der Waals surface area contributed by atoms with E-state index in [2.05, 4.69) is 53.6 Å². The molecule has 0 atom stereocenters. The van der Waals surface area contributed by atoms with Gasteiger partial charge in [0.2, 0.25) is 5.91 Å². The molecule has 1 saturated heterocycles. The highest BCUT2D eigenvalue weighted by Crippen LogP contribution is 2.22. The molecule has 4 nitrogen and oxygen atoms in total. The fraction of sp³-hybridized carbons (Fsp3) is 0.381. The lowest BCUT2D eigenvalue weighted by atomic mass is 10.1. The van der Waals surface area contributed by atoms with Gasteiger partial charge in [-0.25, -0.2) is 0 Å². The number of nitrogens with one attached hydrogen (secondary N) is 2. The molecule has 0 spiro atoms. The molecular weight excluding hydrogens is 310 g/mol. The average molecular weight is 337 g/mol. The lowest BCUT2D eigenvalue weighted by Gasteiger charge is -2.18. The van der Waals surface area contributed by atoms with Gasteiger partial charge >= 0.3 is 0 Å². The molecule has 1 aliphatic heterocycles. The first-order valence-corrected chi connectivity index (χ1v) is 9.08. The molecule has 3 rings (SSSR count). The van der Waals surface area contributed by atoms with Crippen molar-refractivity contribution in [3.63, 3.8) is 0 Å². The van der Waals surface area contributed by atoms with Crippen LogP contribution in [-0.4, -0.2) is 25.5 Å². The zero-order valence-corrected chi connectivity index (χ0v) is 15.1. The smallest absolute Gasteiger partial charge is 0.226 e. The predicted molar refractivity (Wildman–Crippen MR) is 106 cm³/mol. The summed E-state index contributed by atoms with van der Waals surface area (Å²) in [4.78, 5) is 14.5. The number of para-hydroxylation sites is 1. The number of rotatable bonds is 6. The van der Waals surface area contributed by atoms with Crippen LogP contribution in [0, 0.1) is 13.8 Å². The van der Waals surface area contributed by atoms with Gasteiger partial charge in [0.05, 0.1) is 0 Å². The standard InChI is InChI=1S/C21H27N3O/c1-16-6-5-7-17(2)21(16)22-13-12-20(25)23-18-8-10-19(11-9-18)24-14-3-4-15-24/h5-11,22H,3-4,12-15H2,1-2H3,(H,23,25). The van der Waals surface area contributed by atoms with E-state index < -0.39 is 0 Å². The van der Waals surface area contributed by atoms with Crippen molar-refractivity contribution < 1.29 is 4.79 Å². The van der Waals surface area contributed by atoms with Crippen molar-refractivity contribution >= 4 is 23.0 Å². The number of benzene rings is 2. The number of carbonyl (C=O) groups excluding carboxylic acids is 1. The van der Waals surface area contributed by atoms with E-state index in [-0.39, 0.29) is 5.91 Å². The third-order valence-electron chi connectivity index (χ3n) is 4.76. The molecule has 2 aromatic rings. The number of anilines is 3. The summed E-state index contributed by atoms with van der Waals surface area (Å²) in [6, 6.07) is 14.4. The highest BCUT2D eigenvalue weighted by atomic mass is 16.1. The van der Waals surface area contributed by atoms with Crippen LogP contribution < -0.4 is 15.5 Å². The van der Waals surface area contributed by atoms with Crippen LogP contribution in [0.4, 0.5) is 17.1 Å². The van der Waals surface area contributed by atoms with E-state index in [1.165, 1.54) is 29.7 Å². The molecule has 1 amide bonds. The summed E-state index contributed by atoms with van der Waals surface area (Å²) < 4.78 is 0. The minimum Gasteiger partial charge on any atom is -0.384 e. The molecule has 132 valence electrons. The summed E-state index contributed by atoms with van der Waals surface area (Å²) in [7, 11) is 0. The monoisotopic (exact) mass is 337 g/mol. The van der Waals surface area contributed by atoms with Crippen molar-refractivity contribution in [3.8, 4) is 0 Å². The SMILES string of the molecule is Cc1cccc(C)c1NCCC(=O)Nc1ccc(N2CCCC2)cc1. The highest BCUT2D eigenvalue weighted by Gasteiger charge is 2.12. The van der Waals surface area contributed by atoms with Gasteiger partial charge < -0.3 is 15.5 Å². The Morgan fingerprint density at radius 3 is 2.28 bits per heavy atom. The Morgan fingerprint density at radius 1 is 1.00 bits per heavy atom. The largest absolute Gasteiger partial charge is 0.384 e. The number of amides is 1.